The van der Waals surface area contributed by atoms with Crippen molar-refractivity contribution >= 4 is 11.6 Å². The third-order valence-electron chi connectivity index (χ3n) is 3.80. The molecule has 92 valence electrons. The molecule has 0 bridgehead atoms. The summed E-state index contributed by atoms with van der Waals surface area (Å²) in [5.41, 5.74) is 0. The van der Waals surface area contributed by atoms with Crippen LogP contribution in [0.1, 0.15) is 0 Å². The van der Waals surface area contributed by atoms with Crippen molar-refractivity contribution in [3.8, 4) is 0 Å². The van der Waals surface area contributed by atoms with E-state index in [1.54, 1.807) is 0 Å². The van der Waals surface area contributed by atoms with E-state index in [1.807, 2.05) is 0 Å². The molecular formula is C11H19ClN2O2. The van der Waals surface area contributed by atoms with Crippen LogP contribution >= 0.6 is 11.6 Å². The highest BCUT2D eigenvalue weighted by atomic mass is 35.5. The highest BCUT2D eigenvalue weighted by Crippen LogP contribution is 2.39. The highest BCUT2D eigenvalue weighted by Gasteiger charge is 2.55. The van der Waals surface area contributed by atoms with Gasteiger partial charge in [0.15, 0.2) is 0 Å². The Labute approximate surface area is 101 Å². The zero-order chi connectivity index (χ0) is 11.0. The monoisotopic (exact) mass is 246 g/mol. The van der Waals surface area contributed by atoms with Crippen molar-refractivity contribution in [2.24, 2.45) is 0 Å². The largest absolute Gasteiger partial charge is 0.379 e. The molecule has 1 aliphatic carbocycles. The Morgan fingerprint density at radius 3 is 1.50 bits per heavy atom. The summed E-state index contributed by atoms with van der Waals surface area (Å²) in [6, 6.07) is 1.09. The Morgan fingerprint density at radius 1 is 0.750 bits per heavy atom. The summed E-state index contributed by atoms with van der Waals surface area (Å²) < 4.78 is 10.8. The first-order valence-corrected chi connectivity index (χ1v) is 6.59. The van der Waals surface area contributed by atoms with Crippen molar-refractivity contribution < 1.29 is 9.47 Å². The van der Waals surface area contributed by atoms with Gasteiger partial charge >= 0.3 is 0 Å². The molecule has 0 amide bonds. The molecule has 0 aromatic heterocycles. The molecule has 2 unspecified atom stereocenters. The van der Waals surface area contributed by atoms with Crippen LogP contribution in [0.2, 0.25) is 0 Å². The van der Waals surface area contributed by atoms with Gasteiger partial charge < -0.3 is 9.47 Å². The van der Waals surface area contributed by atoms with Crippen LogP contribution in [0.5, 0.6) is 0 Å². The summed E-state index contributed by atoms with van der Waals surface area (Å²) >= 11 is 6.42. The number of rotatable bonds is 2. The zero-order valence-electron chi connectivity index (χ0n) is 9.48. The molecule has 0 spiro atoms. The quantitative estimate of drug-likeness (QED) is 0.641. The molecular weight excluding hydrogens is 228 g/mol. The maximum absolute atomic E-state index is 6.42. The van der Waals surface area contributed by atoms with Gasteiger partial charge in [-0.3, -0.25) is 9.80 Å². The van der Waals surface area contributed by atoms with E-state index in [1.165, 1.54) is 0 Å². The van der Waals surface area contributed by atoms with Crippen molar-refractivity contribution in [1.29, 1.82) is 0 Å². The third-order valence-corrected chi connectivity index (χ3v) is 4.31. The van der Waals surface area contributed by atoms with Crippen LogP contribution in [-0.2, 0) is 9.47 Å². The number of hydrogen-bond donors (Lipinski definition) is 0. The molecule has 2 atom stereocenters. The SMILES string of the molecule is ClC1C(N2CCOCC2)C1N1CCOCC1. The van der Waals surface area contributed by atoms with Crippen molar-refractivity contribution in [2.75, 3.05) is 52.6 Å². The maximum Gasteiger partial charge on any atom is 0.0678 e. The second-order valence-electron chi connectivity index (χ2n) is 4.72. The Bertz CT molecular complexity index is 218. The van der Waals surface area contributed by atoms with E-state index in [2.05, 4.69) is 9.80 Å². The highest BCUT2D eigenvalue weighted by molar-refractivity contribution is 6.24. The van der Waals surface area contributed by atoms with Crippen LogP contribution in [0.4, 0.5) is 0 Å². The molecule has 2 saturated heterocycles. The standard InChI is InChI=1S/C11H19ClN2O2/c12-9-10(13-1-5-15-6-2-13)11(9)14-3-7-16-8-4-14/h9-11H,1-8H2. The molecule has 0 N–H and O–H groups in total. The van der Waals surface area contributed by atoms with Gasteiger partial charge in [0.2, 0.25) is 0 Å². The van der Waals surface area contributed by atoms with Gasteiger partial charge in [-0.1, -0.05) is 0 Å². The minimum atomic E-state index is 0.302. The lowest BCUT2D eigenvalue weighted by Gasteiger charge is -2.30. The van der Waals surface area contributed by atoms with Gasteiger partial charge in [0.1, 0.15) is 0 Å². The Balaban J connectivity index is 1.56. The summed E-state index contributed by atoms with van der Waals surface area (Å²) in [7, 11) is 0. The summed E-state index contributed by atoms with van der Waals surface area (Å²) in [5.74, 6) is 0. The van der Waals surface area contributed by atoms with Gasteiger partial charge in [-0.15, -0.1) is 11.6 Å². The molecule has 5 heteroatoms. The molecule has 3 rings (SSSR count). The lowest BCUT2D eigenvalue weighted by molar-refractivity contribution is 0.0121. The Morgan fingerprint density at radius 2 is 1.12 bits per heavy atom. The molecule has 2 aliphatic heterocycles. The predicted molar refractivity (Wildman–Crippen MR) is 62.0 cm³/mol. The topological polar surface area (TPSA) is 24.9 Å². The molecule has 3 aliphatic rings. The maximum atomic E-state index is 6.42. The predicted octanol–water partition coefficient (Wildman–Crippen LogP) is 0.00900. The molecule has 0 aromatic rings. The number of morpholine rings is 2. The molecule has 2 heterocycles. The van der Waals surface area contributed by atoms with Gasteiger partial charge in [0, 0.05) is 38.3 Å². The zero-order valence-corrected chi connectivity index (χ0v) is 10.2. The van der Waals surface area contributed by atoms with Gasteiger partial charge in [-0.25, -0.2) is 0 Å². The van der Waals surface area contributed by atoms with E-state index in [-0.39, 0.29) is 0 Å². The third kappa shape index (κ3) is 2.09. The summed E-state index contributed by atoms with van der Waals surface area (Å²) in [6.07, 6.45) is 0. The van der Waals surface area contributed by atoms with Gasteiger partial charge in [-0.2, -0.15) is 0 Å². The van der Waals surface area contributed by atoms with Crippen LogP contribution in [0.3, 0.4) is 0 Å². The van der Waals surface area contributed by atoms with Crippen LogP contribution in [0.25, 0.3) is 0 Å². The second kappa shape index (κ2) is 4.78. The van der Waals surface area contributed by atoms with Crippen LogP contribution in [-0.4, -0.2) is 79.9 Å². The average Bonchev–Trinajstić information content (AvgIpc) is 3.03. The van der Waals surface area contributed by atoms with Crippen molar-refractivity contribution in [3.05, 3.63) is 0 Å². The van der Waals surface area contributed by atoms with Gasteiger partial charge in [-0.05, 0) is 0 Å². The summed E-state index contributed by atoms with van der Waals surface area (Å²) in [6.45, 7) is 7.57. The summed E-state index contributed by atoms with van der Waals surface area (Å²) in [5, 5.41) is 0.302. The van der Waals surface area contributed by atoms with E-state index in [9.17, 15) is 0 Å². The first kappa shape index (κ1) is 11.2. The Hall–Kier alpha value is 0.130. The molecule has 16 heavy (non-hydrogen) atoms. The number of ether oxygens (including phenoxy) is 2. The molecule has 1 saturated carbocycles. The van der Waals surface area contributed by atoms with E-state index in [0.29, 0.717) is 17.5 Å². The van der Waals surface area contributed by atoms with Gasteiger partial charge in [0.05, 0.1) is 31.8 Å². The summed E-state index contributed by atoms with van der Waals surface area (Å²) in [4.78, 5) is 4.97. The van der Waals surface area contributed by atoms with E-state index in [4.69, 9.17) is 21.1 Å². The average molecular weight is 247 g/mol. The molecule has 0 aromatic carbocycles. The fourth-order valence-electron chi connectivity index (χ4n) is 2.83. The van der Waals surface area contributed by atoms with Crippen LogP contribution in [0.15, 0.2) is 0 Å². The fraction of sp³-hybridized carbons (Fsp3) is 1.00. The number of halogens is 1. The molecule has 4 nitrogen and oxygen atoms in total. The lowest BCUT2D eigenvalue weighted by Crippen LogP contribution is -2.44. The van der Waals surface area contributed by atoms with E-state index >= 15 is 0 Å². The second-order valence-corrected chi connectivity index (χ2v) is 5.23. The lowest BCUT2D eigenvalue weighted by atomic mass is 10.3. The smallest absolute Gasteiger partial charge is 0.0678 e. The Kier molecular flexibility index (Phi) is 3.36. The van der Waals surface area contributed by atoms with E-state index < -0.39 is 0 Å². The molecule has 3 fully saturated rings. The van der Waals surface area contributed by atoms with Gasteiger partial charge in [0.25, 0.3) is 0 Å². The van der Waals surface area contributed by atoms with Crippen LogP contribution < -0.4 is 0 Å². The van der Waals surface area contributed by atoms with Crippen molar-refractivity contribution in [1.82, 2.24) is 9.80 Å². The van der Waals surface area contributed by atoms with Crippen molar-refractivity contribution in [3.63, 3.8) is 0 Å². The normalized spacial score (nSPS) is 42.2. The minimum Gasteiger partial charge on any atom is -0.379 e. The van der Waals surface area contributed by atoms with E-state index in [0.717, 1.165) is 52.6 Å². The molecule has 0 radical (unpaired) electrons. The first-order chi connectivity index (χ1) is 7.88. The van der Waals surface area contributed by atoms with Crippen molar-refractivity contribution in [2.45, 2.75) is 17.5 Å². The van der Waals surface area contributed by atoms with Crippen LogP contribution in [0, 0.1) is 0 Å². The number of alkyl halides is 1. The minimum absolute atomic E-state index is 0.302. The first-order valence-electron chi connectivity index (χ1n) is 6.15. The fourth-order valence-corrected chi connectivity index (χ4v) is 3.36. The number of nitrogens with zero attached hydrogens (tertiary/aromatic N) is 2. The number of hydrogen-bond acceptors (Lipinski definition) is 4.